The summed E-state index contributed by atoms with van der Waals surface area (Å²) < 4.78 is 5.99. The van der Waals surface area contributed by atoms with E-state index in [9.17, 15) is 4.79 Å². The third kappa shape index (κ3) is 7.46. The van der Waals surface area contributed by atoms with E-state index in [0.29, 0.717) is 17.2 Å². The van der Waals surface area contributed by atoms with Crippen LogP contribution in [0.1, 0.15) is 46.7 Å². The van der Waals surface area contributed by atoms with E-state index >= 15 is 0 Å². The maximum absolute atomic E-state index is 13.1. The molecule has 1 aliphatic rings. The molecule has 0 unspecified atom stereocenters. The molecule has 1 saturated heterocycles. The highest BCUT2D eigenvalue weighted by atomic mass is 16.5. The maximum atomic E-state index is 13.1. The first-order valence-corrected chi connectivity index (χ1v) is 13.9. The van der Waals surface area contributed by atoms with Gasteiger partial charge in [0, 0.05) is 31.6 Å². The molecular weight excluding hydrogens is 480 g/mol. The van der Waals surface area contributed by atoms with E-state index in [1.165, 1.54) is 11.1 Å². The van der Waals surface area contributed by atoms with Crippen LogP contribution in [0.2, 0.25) is 0 Å². The normalized spacial score (nSPS) is 14.5. The van der Waals surface area contributed by atoms with Gasteiger partial charge in [0.2, 0.25) is 0 Å². The second kappa shape index (κ2) is 13.6. The summed E-state index contributed by atoms with van der Waals surface area (Å²) >= 11 is 0. The van der Waals surface area contributed by atoms with Crippen molar-refractivity contribution in [1.29, 1.82) is 0 Å². The van der Waals surface area contributed by atoms with Crippen molar-refractivity contribution in [3.8, 4) is 11.5 Å². The zero-order chi connectivity index (χ0) is 26.7. The van der Waals surface area contributed by atoms with E-state index in [4.69, 9.17) is 4.74 Å². The SMILES string of the molecule is O=C(NC1CCN(C/C=C\CC(c2ccccc2)c2ccccc2)CC1)c1ccccc1Oc1ccccc1. The van der Waals surface area contributed by atoms with E-state index in [1.54, 1.807) is 0 Å². The number of amides is 1. The Morgan fingerprint density at radius 1 is 0.769 bits per heavy atom. The molecule has 0 aliphatic carbocycles. The Hall–Kier alpha value is -4.15. The third-order valence-corrected chi connectivity index (χ3v) is 7.33. The summed E-state index contributed by atoms with van der Waals surface area (Å²) in [5.41, 5.74) is 3.26. The van der Waals surface area contributed by atoms with Crippen LogP contribution in [0.25, 0.3) is 0 Å². The lowest BCUT2D eigenvalue weighted by atomic mass is 9.88. The van der Waals surface area contributed by atoms with Crippen LogP contribution in [0, 0.1) is 0 Å². The molecule has 1 aliphatic heterocycles. The van der Waals surface area contributed by atoms with Crippen molar-refractivity contribution in [2.45, 2.75) is 31.2 Å². The standard InChI is InChI=1S/C35H36N2O2/c38-35(33-21-10-11-22-34(33)39-31-18-8-3-9-19-31)36-30-23-26-37(27-24-30)25-13-12-20-32(28-14-4-1-5-15-28)29-16-6-2-7-17-29/h1-19,21-22,30,32H,20,23-27H2,(H,36,38)/b13-12-. The summed E-state index contributed by atoms with van der Waals surface area (Å²) in [6.45, 7) is 2.88. The predicted molar refractivity (Wildman–Crippen MR) is 158 cm³/mol. The molecule has 4 aromatic rings. The van der Waals surface area contributed by atoms with Gasteiger partial charge in [0.1, 0.15) is 11.5 Å². The number of benzene rings is 4. The fourth-order valence-electron chi connectivity index (χ4n) is 5.17. The lowest BCUT2D eigenvalue weighted by molar-refractivity contribution is 0.0911. The van der Waals surface area contributed by atoms with Gasteiger partial charge in [-0.3, -0.25) is 9.69 Å². The van der Waals surface area contributed by atoms with Crippen molar-refractivity contribution in [3.63, 3.8) is 0 Å². The van der Waals surface area contributed by atoms with Gasteiger partial charge in [0.25, 0.3) is 5.91 Å². The molecule has 4 aromatic carbocycles. The van der Waals surface area contributed by atoms with Gasteiger partial charge in [-0.2, -0.15) is 0 Å². The molecule has 0 bridgehead atoms. The summed E-state index contributed by atoms with van der Waals surface area (Å²) in [4.78, 5) is 15.6. The largest absolute Gasteiger partial charge is 0.457 e. The van der Waals surface area contributed by atoms with Crippen molar-refractivity contribution in [2.24, 2.45) is 0 Å². The Morgan fingerprint density at radius 3 is 1.97 bits per heavy atom. The summed E-state index contributed by atoms with van der Waals surface area (Å²) in [6, 6.07) is 38.7. The number of hydrogen-bond donors (Lipinski definition) is 1. The molecular formula is C35H36N2O2. The van der Waals surface area contributed by atoms with Crippen LogP contribution in [0.15, 0.2) is 127 Å². The lowest BCUT2D eigenvalue weighted by Crippen LogP contribution is -2.44. The molecule has 0 aromatic heterocycles. The first kappa shape index (κ1) is 26.5. The first-order chi connectivity index (χ1) is 19.3. The summed E-state index contributed by atoms with van der Waals surface area (Å²) in [6.07, 6.45) is 7.48. The topological polar surface area (TPSA) is 41.6 Å². The Balaban J connectivity index is 1.10. The quantitative estimate of drug-likeness (QED) is 0.223. The van der Waals surface area contributed by atoms with Gasteiger partial charge < -0.3 is 10.1 Å². The summed E-state index contributed by atoms with van der Waals surface area (Å²) in [5.74, 6) is 1.58. The molecule has 5 rings (SSSR count). The fraction of sp³-hybridized carbons (Fsp3) is 0.229. The Kier molecular flexibility index (Phi) is 9.22. The molecule has 1 N–H and O–H groups in total. The van der Waals surface area contributed by atoms with Crippen molar-refractivity contribution in [2.75, 3.05) is 19.6 Å². The molecule has 0 saturated carbocycles. The summed E-state index contributed by atoms with van der Waals surface area (Å²) in [7, 11) is 0. The number of rotatable bonds is 10. The predicted octanol–water partition coefficient (Wildman–Crippen LogP) is 7.45. The Morgan fingerprint density at radius 2 is 1.33 bits per heavy atom. The van der Waals surface area contributed by atoms with E-state index in [1.807, 2.05) is 54.6 Å². The number of likely N-dealkylation sites (tertiary alicyclic amines) is 1. The van der Waals surface area contributed by atoms with Crippen LogP contribution in [0.3, 0.4) is 0 Å². The number of carbonyl (C=O) groups excluding carboxylic acids is 1. The Labute approximate surface area is 232 Å². The maximum Gasteiger partial charge on any atom is 0.255 e. The van der Waals surface area contributed by atoms with E-state index < -0.39 is 0 Å². The minimum Gasteiger partial charge on any atom is -0.457 e. The molecule has 39 heavy (non-hydrogen) atoms. The molecule has 0 radical (unpaired) electrons. The van der Waals surface area contributed by atoms with Gasteiger partial charge in [-0.05, 0) is 54.7 Å². The van der Waals surface area contributed by atoms with Gasteiger partial charge in [-0.15, -0.1) is 0 Å². The summed E-state index contributed by atoms with van der Waals surface area (Å²) in [5, 5.41) is 3.24. The smallest absolute Gasteiger partial charge is 0.255 e. The van der Waals surface area contributed by atoms with Crippen molar-refractivity contribution >= 4 is 5.91 Å². The van der Waals surface area contributed by atoms with Crippen molar-refractivity contribution in [1.82, 2.24) is 10.2 Å². The third-order valence-electron chi connectivity index (χ3n) is 7.33. The number of carbonyl (C=O) groups is 1. The number of nitrogens with one attached hydrogen (secondary N) is 1. The Bertz CT molecular complexity index is 1290. The van der Waals surface area contributed by atoms with Gasteiger partial charge in [-0.1, -0.05) is 103 Å². The van der Waals surface area contributed by atoms with Crippen LogP contribution < -0.4 is 10.1 Å². The van der Waals surface area contributed by atoms with Crippen molar-refractivity contribution in [3.05, 3.63) is 144 Å². The molecule has 1 amide bonds. The minimum absolute atomic E-state index is 0.0762. The fourth-order valence-corrected chi connectivity index (χ4v) is 5.17. The molecule has 1 fully saturated rings. The average Bonchev–Trinajstić information content (AvgIpc) is 3.00. The van der Waals surface area contributed by atoms with E-state index in [0.717, 1.165) is 44.6 Å². The molecule has 198 valence electrons. The first-order valence-electron chi connectivity index (χ1n) is 13.9. The molecule has 0 atom stereocenters. The highest BCUT2D eigenvalue weighted by Crippen LogP contribution is 2.28. The number of ether oxygens (including phenoxy) is 1. The van der Waals surface area contributed by atoms with Crippen LogP contribution in [0.5, 0.6) is 11.5 Å². The monoisotopic (exact) mass is 516 g/mol. The minimum atomic E-state index is -0.0762. The molecule has 0 spiro atoms. The van der Waals surface area contributed by atoms with E-state index in [-0.39, 0.29) is 11.9 Å². The highest BCUT2D eigenvalue weighted by Gasteiger charge is 2.22. The number of para-hydroxylation sites is 2. The van der Waals surface area contributed by atoms with Crippen LogP contribution in [0.4, 0.5) is 0 Å². The molecule has 1 heterocycles. The van der Waals surface area contributed by atoms with E-state index in [2.05, 4.69) is 83.0 Å². The molecule has 4 nitrogen and oxygen atoms in total. The highest BCUT2D eigenvalue weighted by molar-refractivity contribution is 5.97. The molecule has 4 heteroatoms. The van der Waals surface area contributed by atoms with Gasteiger partial charge in [0.15, 0.2) is 0 Å². The number of piperidine rings is 1. The number of nitrogens with zero attached hydrogens (tertiary/aromatic N) is 1. The second-order valence-corrected chi connectivity index (χ2v) is 10.0. The average molecular weight is 517 g/mol. The van der Waals surface area contributed by atoms with Gasteiger partial charge >= 0.3 is 0 Å². The lowest BCUT2D eigenvalue weighted by Gasteiger charge is -2.31. The van der Waals surface area contributed by atoms with Crippen molar-refractivity contribution < 1.29 is 9.53 Å². The van der Waals surface area contributed by atoms with Crippen LogP contribution >= 0.6 is 0 Å². The van der Waals surface area contributed by atoms with Crippen LogP contribution in [-0.4, -0.2) is 36.5 Å². The second-order valence-electron chi connectivity index (χ2n) is 10.0. The number of hydrogen-bond acceptors (Lipinski definition) is 3. The zero-order valence-electron chi connectivity index (χ0n) is 22.3. The van der Waals surface area contributed by atoms with Gasteiger partial charge in [-0.25, -0.2) is 0 Å². The van der Waals surface area contributed by atoms with Gasteiger partial charge in [0.05, 0.1) is 5.56 Å². The zero-order valence-corrected chi connectivity index (χ0v) is 22.3. The number of allylic oxidation sites excluding steroid dienone is 1. The van der Waals surface area contributed by atoms with Crippen LogP contribution in [-0.2, 0) is 0 Å².